The van der Waals surface area contributed by atoms with Crippen molar-refractivity contribution < 1.29 is 14.7 Å². The summed E-state index contributed by atoms with van der Waals surface area (Å²) in [6, 6.07) is -0.125. The number of amides is 1. The van der Waals surface area contributed by atoms with Crippen molar-refractivity contribution in [3.05, 3.63) is 0 Å². The summed E-state index contributed by atoms with van der Waals surface area (Å²) < 4.78 is 0. The fraction of sp³-hybridized carbons (Fsp3) is 0.875. The van der Waals surface area contributed by atoms with E-state index in [0.29, 0.717) is 12.5 Å². The normalized spacial score (nSPS) is 21.2. The van der Waals surface area contributed by atoms with Crippen molar-refractivity contribution >= 4 is 11.9 Å². The SMILES string of the molecule is CCC1CCCCN1CCCC(=O)NC(C(=O)O)C(C)C. The van der Waals surface area contributed by atoms with Crippen LogP contribution in [0.2, 0.25) is 0 Å². The van der Waals surface area contributed by atoms with Crippen LogP contribution in [-0.2, 0) is 9.59 Å². The molecule has 1 heterocycles. The Labute approximate surface area is 128 Å². The third-order valence-electron chi connectivity index (χ3n) is 4.32. The summed E-state index contributed by atoms with van der Waals surface area (Å²) in [6.45, 7) is 7.89. The molecule has 0 bridgehead atoms. The first kappa shape index (κ1) is 18.0. The Hall–Kier alpha value is -1.10. The van der Waals surface area contributed by atoms with Crippen LogP contribution in [0.1, 0.15) is 59.3 Å². The molecule has 21 heavy (non-hydrogen) atoms. The fourth-order valence-corrected chi connectivity index (χ4v) is 3.02. The molecular weight excluding hydrogens is 268 g/mol. The fourth-order valence-electron chi connectivity index (χ4n) is 3.02. The van der Waals surface area contributed by atoms with E-state index in [-0.39, 0.29) is 11.8 Å². The van der Waals surface area contributed by atoms with Gasteiger partial charge in [0.25, 0.3) is 0 Å². The standard InChI is InChI=1S/C16H30N2O3/c1-4-13-8-5-6-10-18(13)11-7-9-14(19)17-15(12(2)3)16(20)21/h12-13,15H,4-11H2,1-3H3,(H,17,19)(H,20,21). The molecule has 1 saturated heterocycles. The number of carboxylic acids is 1. The summed E-state index contributed by atoms with van der Waals surface area (Å²) in [6.07, 6.45) is 6.19. The van der Waals surface area contributed by atoms with Gasteiger partial charge in [0.15, 0.2) is 0 Å². The van der Waals surface area contributed by atoms with Crippen LogP contribution in [-0.4, -0.2) is 47.1 Å². The molecule has 0 aromatic rings. The summed E-state index contributed by atoms with van der Waals surface area (Å²) in [5, 5.41) is 11.7. The monoisotopic (exact) mass is 298 g/mol. The van der Waals surface area contributed by atoms with Crippen LogP contribution in [0.25, 0.3) is 0 Å². The average molecular weight is 298 g/mol. The number of hydrogen-bond acceptors (Lipinski definition) is 3. The molecule has 1 rings (SSSR count). The van der Waals surface area contributed by atoms with E-state index in [1.807, 2.05) is 0 Å². The first-order chi connectivity index (χ1) is 9.95. The number of rotatable bonds is 8. The Balaban J connectivity index is 2.31. The maximum absolute atomic E-state index is 11.9. The van der Waals surface area contributed by atoms with Gasteiger partial charge in [-0.15, -0.1) is 0 Å². The lowest BCUT2D eigenvalue weighted by atomic mass is 9.99. The van der Waals surface area contributed by atoms with Gasteiger partial charge in [-0.25, -0.2) is 4.79 Å². The van der Waals surface area contributed by atoms with Crippen molar-refractivity contribution in [2.45, 2.75) is 71.4 Å². The van der Waals surface area contributed by atoms with E-state index in [0.717, 1.165) is 19.5 Å². The number of piperidine rings is 1. The van der Waals surface area contributed by atoms with E-state index in [1.54, 1.807) is 13.8 Å². The largest absolute Gasteiger partial charge is 0.480 e. The number of carbonyl (C=O) groups excluding carboxylic acids is 1. The quantitative estimate of drug-likeness (QED) is 0.721. The summed E-state index contributed by atoms with van der Waals surface area (Å²) in [5.41, 5.74) is 0. The number of hydrogen-bond donors (Lipinski definition) is 2. The zero-order chi connectivity index (χ0) is 15.8. The molecular formula is C16H30N2O3. The lowest BCUT2D eigenvalue weighted by Gasteiger charge is -2.35. The van der Waals surface area contributed by atoms with E-state index in [1.165, 1.54) is 25.7 Å². The predicted octanol–water partition coefficient (Wildman–Crippen LogP) is 2.26. The van der Waals surface area contributed by atoms with Crippen LogP contribution < -0.4 is 5.32 Å². The summed E-state index contributed by atoms with van der Waals surface area (Å²) in [5.74, 6) is -1.21. The Bertz CT molecular complexity index is 344. The Morgan fingerprint density at radius 3 is 2.62 bits per heavy atom. The van der Waals surface area contributed by atoms with Crippen LogP contribution >= 0.6 is 0 Å². The molecule has 0 aliphatic carbocycles. The minimum absolute atomic E-state index is 0.0991. The van der Waals surface area contributed by atoms with Crippen molar-refractivity contribution in [2.24, 2.45) is 5.92 Å². The molecule has 2 atom stereocenters. The third kappa shape index (κ3) is 6.04. The van der Waals surface area contributed by atoms with Crippen LogP contribution in [0, 0.1) is 5.92 Å². The molecule has 0 radical (unpaired) electrons. The summed E-state index contributed by atoms with van der Waals surface area (Å²) in [7, 11) is 0. The highest BCUT2D eigenvalue weighted by atomic mass is 16.4. The van der Waals surface area contributed by atoms with Gasteiger partial charge in [0.2, 0.25) is 5.91 Å². The van der Waals surface area contributed by atoms with E-state index in [4.69, 9.17) is 5.11 Å². The number of nitrogens with one attached hydrogen (secondary N) is 1. The van der Waals surface area contributed by atoms with Gasteiger partial charge in [-0.3, -0.25) is 4.79 Å². The molecule has 2 unspecified atom stereocenters. The van der Waals surface area contributed by atoms with Gasteiger partial charge in [-0.1, -0.05) is 27.2 Å². The number of carbonyl (C=O) groups is 2. The van der Waals surface area contributed by atoms with Crippen LogP contribution in [0.15, 0.2) is 0 Å². The Kier molecular flexibility index (Phi) is 7.72. The molecule has 5 nitrogen and oxygen atoms in total. The van der Waals surface area contributed by atoms with Crippen LogP contribution in [0.3, 0.4) is 0 Å². The lowest BCUT2D eigenvalue weighted by molar-refractivity contribution is -0.143. The zero-order valence-corrected chi connectivity index (χ0v) is 13.6. The van der Waals surface area contributed by atoms with E-state index in [9.17, 15) is 9.59 Å². The second-order valence-electron chi connectivity index (χ2n) is 6.32. The van der Waals surface area contributed by atoms with Gasteiger partial charge in [0.1, 0.15) is 6.04 Å². The zero-order valence-electron chi connectivity index (χ0n) is 13.6. The van der Waals surface area contributed by atoms with Crippen LogP contribution in [0.5, 0.6) is 0 Å². The number of carboxylic acid groups (broad SMARTS) is 1. The number of aliphatic carboxylic acids is 1. The molecule has 0 spiro atoms. The second-order valence-corrected chi connectivity index (χ2v) is 6.32. The van der Waals surface area contributed by atoms with Gasteiger partial charge < -0.3 is 15.3 Å². The molecule has 5 heteroatoms. The Morgan fingerprint density at radius 2 is 2.05 bits per heavy atom. The molecule has 0 aromatic heterocycles. The van der Waals surface area contributed by atoms with E-state index in [2.05, 4.69) is 17.1 Å². The van der Waals surface area contributed by atoms with Gasteiger partial charge in [-0.2, -0.15) is 0 Å². The second kappa shape index (κ2) is 9.03. The Morgan fingerprint density at radius 1 is 1.33 bits per heavy atom. The van der Waals surface area contributed by atoms with Crippen molar-refractivity contribution in [2.75, 3.05) is 13.1 Å². The molecule has 0 saturated carbocycles. The molecule has 1 aliphatic heterocycles. The predicted molar refractivity (Wildman–Crippen MR) is 83.1 cm³/mol. The molecule has 0 aromatic carbocycles. The minimum atomic E-state index is -0.958. The maximum atomic E-state index is 11.9. The number of nitrogens with zero attached hydrogens (tertiary/aromatic N) is 1. The lowest BCUT2D eigenvalue weighted by Crippen LogP contribution is -2.44. The van der Waals surface area contributed by atoms with E-state index < -0.39 is 12.0 Å². The van der Waals surface area contributed by atoms with Gasteiger partial charge >= 0.3 is 5.97 Å². The number of likely N-dealkylation sites (tertiary alicyclic amines) is 1. The summed E-state index contributed by atoms with van der Waals surface area (Å²) >= 11 is 0. The highest BCUT2D eigenvalue weighted by Crippen LogP contribution is 2.19. The first-order valence-electron chi connectivity index (χ1n) is 8.22. The van der Waals surface area contributed by atoms with Gasteiger partial charge in [0, 0.05) is 12.5 Å². The van der Waals surface area contributed by atoms with Gasteiger partial charge in [0.05, 0.1) is 0 Å². The van der Waals surface area contributed by atoms with E-state index >= 15 is 0 Å². The highest BCUT2D eigenvalue weighted by molar-refractivity contribution is 5.83. The highest BCUT2D eigenvalue weighted by Gasteiger charge is 2.24. The van der Waals surface area contributed by atoms with Crippen molar-refractivity contribution in [1.82, 2.24) is 10.2 Å². The van der Waals surface area contributed by atoms with Crippen molar-refractivity contribution in [3.8, 4) is 0 Å². The first-order valence-corrected chi connectivity index (χ1v) is 8.22. The molecule has 1 amide bonds. The minimum Gasteiger partial charge on any atom is -0.480 e. The van der Waals surface area contributed by atoms with Crippen molar-refractivity contribution in [1.29, 1.82) is 0 Å². The molecule has 122 valence electrons. The topological polar surface area (TPSA) is 69.6 Å². The van der Waals surface area contributed by atoms with Gasteiger partial charge in [-0.05, 0) is 44.7 Å². The third-order valence-corrected chi connectivity index (χ3v) is 4.32. The van der Waals surface area contributed by atoms with Crippen LogP contribution in [0.4, 0.5) is 0 Å². The average Bonchev–Trinajstić information content (AvgIpc) is 2.44. The smallest absolute Gasteiger partial charge is 0.326 e. The maximum Gasteiger partial charge on any atom is 0.326 e. The summed E-state index contributed by atoms with van der Waals surface area (Å²) in [4.78, 5) is 25.4. The van der Waals surface area contributed by atoms with Crippen molar-refractivity contribution in [3.63, 3.8) is 0 Å². The molecule has 1 aliphatic rings. The molecule has 2 N–H and O–H groups in total. The molecule has 1 fully saturated rings.